The number of nitrogen functional groups attached to an aromatic ring is 1. The van der Waals surface area contributed by atoms with Crippen LogP contribution in [-0.2, 0) is 4.74 Å². The van der Waals surface area contributed by atoms with Gasteiger partial charge in [-0.3, -0.25) is 0 Å². The summed E-state index contributed by atoms with van der Waals surface area (Å²) < 4.78 is 10.7. The van der Waals surface area contributed by atoms with Gasteiger partial charge in [-0.05, 0) is 26.0 Å². The first kappa shape index (κ1) is 13.6. The van der Waals surface area contributed by atoms with Gasteiger partial charge in [0.1, 0.15) is 5.75 Å². The van der Waals surface area contributed by atoms with Crippen molar-refractivity contribution in [3.63, 3.8) is 0 Å². The van der Waals surface area contributed by atoms with Crippen molar-refractivity contribution in [2.45, 2.75) is 20.0 Å². The lowest BCUT2D eigenvalue weighted by Crippen LogP contribution is -2.23. The predicted molar refractivity (Wildman–Crippen MR) is 71.8 cm³/mol. The van der Waals surface area contributed by atoms with Crippen LogP contribution < -0.4 is 15.4 Å². The monoisotopic (exact) mass is 238 g/mol. The number of para-hydroxylation sites is 1. The number of nitrogens with zero attached hydrogens (tertiary/aromatic N) is 1. The molecule has 0 amide bonds. The van der Waals surface area contributed by atoms with Gasteiger partial charge in [-0.25, -0.2) is 0 Å². The summed E-state index contributed by atoms with van der Waals surface area (Å²) in [5.41, 5.74) is 7.75. The molecule has 1 aromatic rings. The van der Waals surface area contributed by atoms with Crippen molar-refractivity contribution in [3.05, 3.63) is 18.2 Å². The van der Waals surface area contributed by atoms with Crippen LogP contribution in [0.1, 0.15) is 13.8 Å². The molecule has 17 heavy (non-hydrogen) atoms. The van der Waals surface area contributed by atoms with Crippen LogP contribution in [0.2, 0.25) is 0 Å². The Kier molecular flexibility index (Phi) is 5.10. The molecule has 0 aliphatic carbocycles. The van der Waals surface area contributed by atoms with Crippen molar-refractivity contribution < 1.29 is 9.47 Å². The number of benzene rings is 1. The fourth-order valence-corrected chi connectivity index (χ4v) is 1.57. The van der Waals surface area contributed by atoms with Gasteiger partial charge in [-0.1, -0.05) is 6.07 Å². The Balaban J connectivity index is 2.85. The number of anilines is 2. The van der Waals surface area contributed by atoms with Gasteiger partial charge in [0.2, 0.25) is 0 Å². The van der Waals surface area contributed by atoms with Crippen molar-refractivity contribution in [1.29, 1.82) is 0 Å². The number of ether oxygens (including phenoxy) is 2. The van der Waals surface area contributed by atoms with E-state index >= 15 is 0 Å². The van der Waals surface area contributed by atoms with E-state index in [9.17, 15) is 0 Å². The summed E-state index contributed by atoms with van der Waals surface area (Å²) in [6, 6.07) is 5.83. The maximum atomic E-state index is 6.10. The van der Waals surface area contributed by atoms with E-state index in [1.54, 1.807) is 7.11 Å². The first-order valence-corrected chi connectivity index (χ1v) is 5.81. The molecule has 0 saturated heterocycles. The Morgan fingerprint density at radius 1 is 1.35 bits per heavy atom. The highest BCUT2D eigenvalue weighted by Crippen LogP contribution is 2.32. The Hall–Kier alpha value is -1.42. The van der Waals surface area contributed by atoms with Crippen molar-refractivity contribution in [2.75, 3.05) is 37.9 Å². The normalized spacial score (nSPS) is 10.6. The molecule has 0 saturated carbocycles. The fourth-order valence-electron chi connectivity index (χ4n) is 1.57. The zero-order valence-corrected chi connectivity index (χ0v) is 11.1. The highest BCUT2D eigenvalue weighted by atomic mass is 16.5. The van der Waals surface area contributed by atoms with Crippen LogP contribution in [0.15, 0.2) is 18.2 Å². The first-order chi connectivity index (χ1) is 8.06. The molecule has 0 unspecified atom stereocenters. The molecule has 0 heterocycles. The van der Waals surface area contributed by atoms with Gasteiger partial charge in [0.25, 0.3) is 0 Å². The number of hydrogen-bond donors (Lipinski definition) is 1. The predicted octanol–water partition coefficient (Wildman–Crippen LogP) is 2.14. The van der Waals surface area contributed by atoms with E-state index in [2.05, 4.69) is 4.90 Å². The minimum absolute atomic E-state index is 0.122. The average molecular weight is 238 g/mol. The van der Waals surface area contributed by atoms with Gasteiger partial charge in [0.15, 0.2) is 0 Å². The number of hydrogen-bond acceptors (Lipinski definition) is 4. The van der Waals surface area contributed by atoms with Crippen LogP contribution in [0.25, 0.3) is 0 Å². The maximum Gasteiger partial charge on any atom is 0.144 e. The van der Waals surface area contributed by atoms with Gasteiger partial charge in [-0.2, -0.15) is 0 Å². The Bertz CT molecular complexity index is 353. The molecule has 96 valence electrons. The zero-order valence-electron chi connectivity index (χ0n) is 11.1. The Labute approximate surface area is 103 Å². The largest absolute Gasteiger partial charge is 0.489 e. The number of nitrogens with two attached hydrogens (primary N) is 1. The second-order valence-corrected chi connectivity index (χ2v) is 4.27. The summed E-state index contributed by atoms with van der Waals surface area (Å²) in [7, 11) is 3.68. The number of rotatable bonds is 6. The minimum atomic E-state index is 0.122. The molecule has 0 aliphatic heterocycles. The fraction of sp³-hybridized carbons (Fsp3) is 0.538. The quantitative estimate of drug-likeness (QED) is 0.771. The summed E-state index contributed by atoms with van der Waals surface area (Å²) in [5.74, 6) is 0.738. The second kappa shape index (κ2) is 6.35. The summed E-state index contributed by atoms with van der Waals surface area (Å²) in [4.78, 5) is 2.06. The van der Waals surface area contributed by atoms with Crippen LogP contribution in [0.3, 0.4) is 0 Å². The Morgan fingerprint density at radius 2 is 2.06 bits per heavy atom. The smallest absolute Gasteiger partial charge is 0.144 e. The standard InChI is InChI=1S/C13H22N2O2/c1-10(2)17-12-7-5-6-11(13(12)14)15(3)8-9-16-4/h5-7,10H,8-9,14H2,1-4H3. The third-order valence-corrected chi connectivity index (χ3v) is 2.45. The molecule has 1 aromatic carbocycles. The zero-order chi connectivity index (χ0) is 12.8. The first-order valence-electron chi connectivity index (χ1n) is 5.81. The average Bonchev–Trinajstić information content (AvgIpc) is 2.28. The van der Waals surface area contributed by atoms with Crippen LogP contribution in [0, 0.1) is 0 Å². The van der Waals surface area contributed by atoms with E-state index in [0.29, 0.717) is 12.3 Å². The van der Waals surface area contributed by atoms with E-state index < -0.39 is 0 Å². The van der Waals surface area contributed by atoms with E-state index in [0.717, 1.165) is 18.0 Å². The Morgan fingerprint density at radius 3 is 2.65 bits per heavy atom. The molecule has 0 aliphatic rings. The third kappa shape index (κ3) is 3.82. The lowest BCUT2D eigenvalue weighted by atomic mass is 10.2. The maximum absolute atomic E-state index is 6.10. The molecule has 0 spiro atoms. The van der Waals surface area contributed by atoms with Crippen LogP contribution in [0.5, 0.6) is 5.75 Å². The topological polar surface area (TPSA) is 47.7 Å². The lowest BCUT2D eigenvalue weighted by Gasteiger charge is -2.22. The summed E-state index contributed by atoms with van der Waals surface area (Å²) in [6.45, 7) is 5.44. The van der Waals surface area contributed by atoms with Crippen molar-refractivity contribution in [3.8, 4) is 5.75 Å². The van der Waals surface area contributed by atoms with Gasteiger partial charge in [0, 0.05) is 20.7 Å². The molecular weight excluding hydrogens is 216 g/mol. The highest BCUT2D eigenvalue weighted by molar-refractivity contribution is 5.73. The summed E-state index contributed by atoms with van der Waals surface area (Å²) >= 11 is 0. The SMILES string of the molecule is COCCN(C)c1cccc(OC(C)C)c1N. The van der Waals surface area contributed by atoms with Crippen LogP contribution in [0.4, 0.5) is 11.4 Å². The molecule has 0 aromatic heterocycles. The van der Waals surface area contributed by atoms with E-state index in [-0.39, 0.29) is 6.10 Å². The van der Waals surface area contributed by atoms with Gasteiger partial charge in [0.05, 0.1) is 24.1 Å². The van der Waals surface area contributed by atoms with Crippen LogP contribution in [-0.4, -0.2) is 33.4 Å². The highest BCUT2D eigenvalue weighted by Gasteiger charge is 2.10. The van der Waals surface area contributed by atoms with Crippen molar-refractivity contribution >= 4 is 11.4 Å². The molecule has 4 nitrogen and oxygen atoms in total. The van der Waals surface area contributed by atoms with Crippen LogP contribution >= 0.6 is 0 Å². The third-order valence-electron chi connectivity index (χ3n) is 2.45. The van der Waals surface area contributed by atoms with E-state index in [1.807, 2.05) is 39.1 Å². The lowest BCUT2D eigenvalue weighted by molar-refractivity contribution is 0.206. The number of methoxy groups -OCH3 is 1. The summed E-state index contributed by atoms with van der Waals surface area (Å²) in [5, 5.41) is 0. The molecule has 0 atom stereocenters. The molecule has 1 rings (SSSR count). The molecule has 0 radical (unpaired) electrons. The van der Waals surface area contributed by atoms with Gasteiger partial charge in [-0.15, -0.1) is 0 Å². The number of likely N-dealkylation sites (N-methyl/N-ethyl adjacent to an activating group) is 1. The second-order valence-electron chi connectivity index (χ2n) is 4.27. The molecule has 0 fully saturated rings. The van der Waals surface area contributed by atoms with E-state index in [1.165, 1.54) is 0 Å². The molecular formula is C13H22N2O2. The van der Waals surface area contributed by atoms with Crippen molar-refractivity contribution in [2.24, 2.45) is 0 Å². The summed E-state index contributed by atoms with van der Waals surface area (Å²) in [6.07, 6.45) is 0.122. The molecule has 0 bridgehead atoms. The van der Waals surface area contributed by atoms with Crippen molar-refractivity contribution in [1.82, 2.24) is 0 Å². The van der Waals surface area contributed by atoms with Gasteiger partial charge >= 0.3 is 0 Å². The molecule has 4 heteroatoms. The van der Waals surface area contributed by atoms with E-state index in [4.69, 9.17) is 15.2 Å². The minimum Gasteiger partial charge on any atom is -0.489 e. The van der Waals surface area contributed by atoms with Gasteiger partial charge < -0.3 is 20.1 Å². The molecule has 2 N–H and O–H groups in total.